The normalized spacial score (nSPS) is 21.1. The molecule has 2 nitrogen and oxygen atoms in total. The van der Waals surface area contributed by atoms with E-state index in [-0.39, 0.29) is 0 Å². The van der Waals surface area contributed by atoms with Crippen LogP contribution in [-0.2, 0) is 0 Å². The molecule has 0 radical (unpaired) electrons. The van der Waals surface area contributed by atoms with Gasteiger partial charge in [0, 0.05) is 11.1 Å². The summed E-state index contributed by atoms with van der Waals surface area (Å²) in [6, 6.07) is 15.8. The van der Waals surface area contributed by atoms with Crippen molar-refractivity contribution in [3.05, 3.63) is 65.7 Å². The van der Waals surface area contributed by atoms with Crippen molar-refractivity contribution in [3.63, 3.8) is 0 Å². The van der Waals surface area contributed by atoms with Crippen molar-refractivity contribution >= 4 is 38.1 Å². The maximum Gasteiger partial charge on any atom is 0.129 e. The number of aliphatic hydroxyl groups excluding tert-OH is 2. The lowest BCUT2D eigenvalue weighted by Gasteiger charge is -2.26. The predicted molar refractivity (Wildman–Crippen MR) is 90.2 cm³/mol. The van der Waals surface area contributed by atoms with E-state index in [1.807, 2.05) is 42.5 Å². The highest BCUT2D eigenvalue weighted by atomic mass is 19.1. The molecule has 2 unspecified atom stereocenters. The van der Waals surface area contributed by atoms with Crippen LogP contribution >= 0.6 is 0 Å². The number of hydrogen-bond donors (Lipinski definition) is 2. The molecular weight excluding hydrogens is 291 g/mol. The summed E-state index contributed by atoms with van der Waals surface area (Å²) in [7, 11) is 0. The third-order valence-corrected chi connectivity index (χ3v) is 4.88. The number of benzene rings is 4. The van der Waals surface area contributed by atoms with Gasteiger partial charge in [0.15, 0.2) is 0 Å². The molecule has 4 aromatic carbocycles. The SMILES string of the molecule is OC1C=C(F)c2cc3ccc4cccc5ccc(c2C1O)c3c45. The van der Waals surface area contributed by atoms with Crippen LogP contribution in [0.2, 0.25) is 0 Å². The Morgan fingerprint density at radius 2 is 1.52 bits per heavy atom. The molecular formula is C20H13FO2. The maximum atomic E-state index is 14.3. The summed E-state index contributed by atoms with van der Waals surface area (Å²) in [4.78, 5) is 0. The van der Waals surface area contributed by atoms with Crippen molar-refractivity contribution in [1.82, 2.24) is 0 Å². The highest BCUT2D eigenvalue weighted by molar-refractivity contribution is 6.24. The van der Waals surface area contributed by atoms with Crippen molar-refractivity contribution in [3.8, 4) is 0 Å². The summed E-state index contributed by atoms with van der Waals surface area (Å²) in [5.41, 5.74) is 0.844. The lowest BCUT2D eigenvalue weighted by atomic mass is 9.83. The predicted octanol–water partition coefficient (Wildman–Crippen LogP) is 4.30. The zero-order chi connectivity index (χ0) is 15.7. The van der Waals surface area contributed by atoms with Crippen LogP contribution in [0.3, 0.4) is 0 Å². The molecule has 2 N–H and O–H groups in total. The molecule has 4 aromatic rings. The lowest BCUT2D eigenvalue weighted by molar-refractivity contribution is 0.0468. The van der Waals surface area contributed by atoms with Gasteiger partial charge in [0.05, 0.1) is 0 Å². The van der Waals surface area contributed by atoms with Crippen LogP contribution in [-0.4, -0.2) is 16.3 Å². The van der Waals surface area contributed by atoms with Gasteiger partial charge in [-0.1, -0.05) is 42.5 Å². The monoisotopic (exact) mass is 304 g/mol. The van der Waals surface area contributed by atoms with Crippen molar-refractivity contribution < 1.29 is 14.6 Å². The van der Waals surface area contributed by atoms with E-state index in [9.17, 15) is 14.6 Å². The number of halogens is 1. The first-order chi connectivity index (χ1) is 11.1. The second-order valence-corrected chi connectivity index (χ2v) is 6.14. The number of rotatable bonds is 0. The molecule has 0 heterocycles. The summed E-state index contributed by atoms with van der Waals surface area (Å²) in [6.07, 6.45) is -1.26. The van der Waals surface area contributed by atoms with Gasteiger partial charge < -0.3 is 10.2 Å². The molecule has 0 saturated heterocycles. The molecule has 0 bridgehead atoms. The van der Waals surface area contributed by atoms with Crippen LogP contribution < -0.4 is 0 Å². The fraction of sp³-hybridized carbons (Fsp3) is 0.100. The van der Waals surface area contributed by atoms with Gasteiger partial charge in [-0.25, -0.2) is 4.39 Å². The van der Waals surface area contributed by atoms with Crippen molar-refractivity contribution in [2.45, 2.75) is 12.2 Å². The van der Waals surface area contributed by atoms with Crippen LogP contribution in [0, 0.1) is 0 Å². The van der Waals surface area contributed by atoms with Crippen molar-refractivity contribution in [2.24, 2.45) is 0 Å². The molecule has 0 saturated carbocycles. The number of fused-ring (bicyclic) bond motifs is 2. The number of hydrogen-bond acceptors (Lipinski definition) is 2. The summed E-state index contributed by atoms with van der Waals surface area (Å²) < 4.78 is 14.3. The molecule has 2 atom stereocenters. The van der Waals surface area contributed by atoms with Gasteiger partial charge in [0.25, 0.3) is 0 Å². The highest BCUT2D eigenvalue weighted by Gasteiger charge is 2.30. The Labute approximate surface area is 131 Å². The topological polar surface area (TPSA) is 40.5 Å². The second kappa shape index (κ2) is 4.28. The molecule has 3 heteroatoms. The van der Waals surface area contributed by atoms with E-state index in [1.165, 1.54) is 0 Å². The summed E-state index contributed by atoms with van der Waals surface area (Å²) in [5, 5.41) is 26.4. The minimum atomic E-state index is -1.22. The third-order valence-electron chi connectivity index (χ3n) is 4.88. The van der Waals surface area contributed by atoms with E-state index < -0.39 is 18.0 Å². The smallest absolute Gasteiger partial charge is 0.129 e. The van der Waals surface area contributed by atoms with Gasteiger partial charge in [-0.05, 0) is 44.5 Å². The molecule has 112 valence electrons. The van der Waals surface area contributed by atoms with Crippen LogP contribution in [0.1, 0.15) is 17.2 Å². The molecule has 0 aromatic heterocycles. The average Bonchev–Trinajstić information content (AvgIpc) is 2.57. The summed E-state index contributed by atoms with van der Waals surface area (Å²) >= 11 is 0. The molecule has 0 spiro atoms. The standard InChI is InChI=1S/C20H13FO2/c21-15-9-16(22)20(23)19-13-7-6-11-3-1-2-10-4-5-12(8-14(15)19)18(13)17(10)11/h1-9,16,20,22-23H. The van der Waals surface area contributed by atoms with Crippen LogP contribution in [0.15, 0.2) is 54.6 Å². The van der Waals surface area contributed by atoms with E-state index in [2.05, 4.69) is 0 Å². The Hall–Kier alpha value is -2.49. The molecule has 5 rings (SSSR count). The van der Waals surface area contributed by atoms with Crippen LogP contribution in [0.25, 0.3) is 38.1 Å². The minimum Gasteiger partial charge on any atom is -0.386 e. The quantitative estimate of drug-likeness (QED) is 0.475. The van der Waals surface area contributed by atoms with Gasteiger partial charge in [-0.3, -0.25) is 0 Å². The van der Waals surface area contributed by atoms with Gasteiger partial charge in [0.1, 0.15) is 18.0 Å². The fourth-order valence-corrected chi connectivity index (χ4v) is 3.85. The summed E-state index contributed by atoms with van der Waals surface area (Å²) in [5.74, 6) is -0.483. The fourth-order valence-electron chi connectivity index (χ4n) is 3.85. The van der Waals surface area contributed by atoms with E-state index >= 15 is 0 Å². The van der Waals surface area contributed by atoms with Crippen LogP contribution in [0.4, 0.5) is 4.39 Å². The Bertz CT molecular complexity index is 1100. The zero-order valence-electron chi connectivity index (χ0n) is 12.1. The van der Waals surface area contributed by atoms with Gasteiger partial charge in [0.2, 0.25) is 0 Å². The molecule has 0 aliphatic heterocycles. The Morgan fingerprint density at radius 1 is 0.826 bits per heavy atom. The molecule has 1 aliphatic carbocycles. The molecule has 0 fully saturated rings. The molecule has 23 heavy (non-hydrogen) atoms. The maximum absolute atomic E-state index is 14.3. The van der Waals surface area contributed by atoms with Gasteiger partial charge in [-0.15, -0.1) is 0 Å². The van der Waals surface area contributed by atoms with Crippen LogP contribution in [0.5, 0.6) is 0 Å². The largest absolute Gasteiger partial charge is 0.386 e. The van der Waals surface area contributed by atoms with E-state index in [1.54, 1.807) is 6.07 Å². The first-order valence-electron chi connectivity index (χ1n) is 7.59. The van der Waals surface area contributed by atoms with Crippen molar-refractivity contribution in [1.29, 1.82) is 0 Å². The first-order valence-corrected chi connectivity index (χ1v) is 7.59. The highest BCUT2D eigenvalue weighted by Crippen LogP contribution is 2.44. The van der Waals surface area contributed by atoms with Gasteiger partial charge in [-0.2, -0.15) is 0 Å². The van der Waals surface area contributed by atoms with Gasteiger partial charge >= 0.3 is 0 Å². The van der Waals surface area contributed by atoms with E-state index in [4.69, 9.17) is 0 Å². The van der Waals surface area contributed by atoms with E-state index in [0.29, 0.717) is 11.1 Å². The number of aliphatic hydroxyl groups is 2. The Morgan fingerprint density at radius 3 is 2.30 bits per heavy atom. The Balaban J connectivity index is 2.07. The van der Waals surface area contributed by atoms with Crippen molar-refractivity contribution in [2.75, 3.05) is 0 Å². The Kier molecular flexibility index (Phi) is 2.42. The minimum absolute atomic E-state index is 0.369. The average molecular weight is 304 g/mol. The third kappa shape index (κ3) is 1.58. The lowest BCUT2D eigenvalue weighted by Crippen LogP contribution is -2.21. The zero-order valence-corrected chi connectivity index (χ0v) is 12.1. The first kappa shape index (κ1) is 13.0. The molecule has 0 amide bonds. The molecule has 1 aliphatic rings. The van der Waals surface area contributed by atoms with E-state index in [0.717, 1.165) is 38.4 Å². The second-order valence-electron chi connectivity index (χ2n) is 6.14. The summed E-state index contributed by atoms with van der Waals surface area (Å²) in [6.45, 7) is 0.